The molecule has 1 aliphatic rings. The van der Waals surface area contributed by atoms with Crippen LogP contribution in [0.1, 0.15) is 296 Å². The molecule has 0 aromatic carbocycles. The van der Waals surface area contributed by atoms with Gasteiger partial charge in [0.25, 0.3) is 0 Å². The van der Waals surface area contributed by atoms with E-state index >= 15 is 0 Å². The highest BCUT2D eigenvalue weighted by molar-refractivity contribution is 5.76. The summed E-state index contributed by atoms with van der Waals surface area (Å²) in [6, 6.07) is -0.721. The van der Waals surface area contributed by atoms with Crippen molar-refractivity contribution in [3.63, 3.8) is 0 Å². The predicted molar refractivity (Wildman–Crippen MR) is 290 cm³/mol. The van der Waals surface area contributed by atoms with Gasteiger partial charge in [-0.1, -0.05) is 269 Å². The smallest absolute Gasteiger partial charge is 0.220 e. The number of rotatable bonds is 52. The summed E-state index contributed by atoms with van der Waals surface area (Å²) in [7, 11) is 0. The summed E-state index contributed by atoms with van der Waals surface area (Å²) in [4.78, 5) is 13.1. The molecule has 0 saturated carbocycles. The molecular weight excluding hydrogens is 863 g/mol. The van der Waals surface area contributed by atoms with E-state index in [0.717, 1.165) is 44.9 Å². The molecule has 408 valence electrons. The second-order valence-corrected chi connectivity index (χ2v) is 21.1. The molecule has 7 unspecified atom stereocenters. The Hall–Kier alpha value is -1.33. The quantitative estimate of drug-likeness (QED) is 0.0261. The second-order valence-electron chi connectivity index (χ2n) is 21.1. The molecule has 1 fully saturated rings. The maximum absolute atomic E-state index is 13.1. The molecule has 1 rings (SSSR count). The average Bonchev–Trinajstić information content (AvgIpc) is 3.35. The lowest BCUT2D eigenvalue weighted by atomic mass is 9.99. The van der Waals surface area contributed by atoms with Crippen LogP contribution in [0.25, 0.3) is 0 Å². The Balaban J connectivity index is 2.19. The van der Waals surface area contributed by atoms with Gasteiger partial charge < -0.3 is 40.3 Å². The number of carbonyl (C=O) groups is 1. The van der Waals surface area contributed by atoms with Gasteiger partial charge in [-0.15, -0.1) is 0 Å². The number of unbranched alkanes of at least 4 members (excludes halogenated alkanes) is 38. The first-order chi connectivity index (χ1) is 33.8. The molecule has 6 N–H and O–H groups in total. The van der Waals surface area contributed by atoms with Crippen molar-refractivity contribution < 1.29 is 39.8 Å². The Morgan fingerprint density at radius 3 is 1.25 bits per heavy atom. The van der Waals surface area contributed by atoms with Crippen LogP contribution in [0.4, 0.5) is 0 Å². The van der Waals surface area contributed by atoms with Gasteiger partial charge >= 0.3 is 0 Å². The van der Waals surface area contributed by atoms with Crippen molar-refractivity contribution in [2.75, 3.05) is 13.2 Å². The van der Waals surface area contributed by atoms with E-state index in [9.17, 15) is 30.3 Å². The topological polar surface area (TPSA) is 149 Å². The van der Waals surface area contributed by atoms with Crippen molar-refractivity contribution in [1.82, 2.24) is 5.32 Å². The number of hydrogen-bond donors (Lipinski definition) is 6. The molecule has 0 spiro atoms. The van der Waals surface area contributed by atoms with Crippen LogP contribution in [0, 0.1) is 0 Å². The first kappa shape index (κ1) is 65.7. The van der Waals surface area contributed by atoms with Crippen LogP contribution in [-0.4, -0.2) is 87.5 Å². The number of aliphatic hydroxyl groups excluding tert-OH is 5. The van der Waals surface area contributed by atoms with Crippen LogP contribution >= 0.6 is 0 Å². The Kier molecular flexibility index (Phi) is 47.8. The summed E-state index contributed by atoms with van der Waals surface area (Å²) < 4.78 is 11.3. The maximum atomic E-state index is 13.1. The molecule has 9 nitrogen and oxygen atoms in total. The van der Waals surface area contributed by atoms with E-state index in [-0.39, 0.29) is 12.5 Å². The molecule has 1 aliphatic heterocycles. The number of allylic oxidation sites excluding steroid dienone is 4. The maximum Gasteiger partial charge on any atom is 0.220 e. The molecule has 0 aromatic rings. The molecule has 69 heavy (non-hydrogen) atoms. The highest BCUT2D eigenvalue weighted by Crippen LogP contribution is 2.23. The molecule has 9 heteroatoms. The zero-order valence-corrected chi connectivity index (χ0v) is 45.3. The fourth-order valence-corrected chi connectivity index (χ4v) is 9.78. The van der Waals surface area contributed by atoms with Crippen molar-refractivity contribution in [2.45, 2.75) is 339 Å². The number of hydrogen-bond acceptors (Lipinski definition) is 8. The SMILES string of the molecule is CCCCCCC/C=C\C/C=C\CCCCCCCCCCCC(=O)NC(COC1OC(CO)C(O)C(O)C1O)C(O)CCCCCCCCCCCCCCCCCCCCCCCCCCC. The van der Waals surface area contributed by atoms with E-state index in [1.165, 1.54) is 225 Å². The van der Waals surface area contributed by atoms with Crippen LogP contribution in [0.2, 0.25) is 0 Å². The van der Waals surface area contributed by atoms with E-state index in [0.29, 0.717) is 12.8 Å². The van der Waals surface area contributed by atoms with Crippen LogP contribution in [0.5, 0.6) is 0 Å². The van der Waals surface area contributed by atoms with E-state index < -0.39 is 49.5 Å². The third-order valence-electron chi connectivity index (χ3n) is 14.6. The van der Waals surface area contributed by atoms with Crippen LogP contribution < -0.4 is 5.32 Å². The molecule has 1 amide bonds. The minimum Gasteiger partial charge on any atom is -0.394 e. The zero-order valence-electron chi connectivity index (χ0n) is 45.3. The van der Waals surface area contributed by atoms with Crippen molar-refractivity contribution in [3.8, 4) is 0 Å². The van der Waals surface area contributed by atoms with Gasteiger partial charge in [0.15, 0.2) is 6.29 Å². The van der Waals surface area contributed by atoms with Crippen molar-refractivity contribution in [1.29, 1.82) is 0 Å². The summed E-state index contributed by atoms with van der Waals surface area (Å²) in [5, 5.41) is 54.7. The molecule has 7 atom stereocenters. The number of carbonyl (C=O) groups excluding carboxylic acids is 1. The predicted octanol–water partition coefficient (Wildman–Crippen LogP) is 15.0. The zero-order chi connectivity index (χ0) is 50.1. The summed E-state index contributed by atoms with van der Waals surface area (Å²) in [5.41, 5.74) is 0. The van der Waals surface area contributed by atoms with Crippen molar-refractivity contribution in [3.05, 3.63) is 24.3 Å². The summed E-state index contributed by atoms with van der Waals surface area (Å²) in [6.45, 7) is 3.86. The molecule has 1 heterocycles. The highest BCUT2D eigenvalue weighted by atomic mass is 16.7. The van der Waals surface area contributed by atoms with E-state index in [1.54, 1.807) is 0 Å². The lowest BCUT2D eigenvalue weighted by molar-refractivity contribution is -0.302. The van der Waals surface area contributed by atoms with Crippen LogP contribution in [0.15, 0.2) is 24.3 Å². The number of aliphatic hydroxyl groups is 5. The molecule has 0 bridgehead atoms. The van der Waals surface area contributed by atoms with Crippen LogP contribution in [-0.2, 0) is 14.3 Å². The van der Waals surface area contributed by atoms with E-state index in [4.69, 9.17) is 9.47 Å². The fourth-order valence-electron chi connectivity index (χ4n) is 9.78. The minimum atomic E-state index is -1.55. The second kappa shape index (κ2) is 50.2. The number of nitrogens with one attached hydrogen (secondary N) is 1. The van der Waals surface area contributed by atoms with Crippen molar-refractivity contribution >= 4 is 5.91 Å². The summed E-state index contributed by atoms with van der Waals surface area (Å²) in [6.07, 6.45) is 56.3. The monoisotopic (exact) mass is 978 g/mol. The molecule has 0 radical (unpaired) electrons. The van der Waals surface area contributed by atoms with Gasteiger partial charge in [0, 0.05) is 6.42 Å². The normalized spacial score (nSPS) is 19.6. The molecular formula is C60H115NO8. The van der Waals surface area contributed by atoms with Crippen molar-refractivity contribution in [2.24, 2.45) is 0 Å². The van der Waals surface area contributed by atoms with Gasteiger partial charge in [-0.2, -0.15) is 0 Å². The Morgan fingerprint density at radius 2 is 0.855 bits per heavy atom. The first-order valence-electron chi connectivity index (χ1n) is 30.0. The third-order valence-corrected chi connectivity index (χ3v) is 14.6. The van der Waals surface area contributed by atoms with E-state index in [2.05, 4.69) is 43.5 Å². The van der Waals surface area contributed by atoms with E-state index in [1.807, 2.05) is 0 Å². The van der Waals surface area contributed by atoms with Gasteiger partial charge in [0.1, 0.15) is 24.4 Å². The van der Waals surface area contributed by atoms with Gasteiger partial charge in [-0.25, -0.2) is 0 Å². The lowest BCUT2D eigenvalue weighted by Crippen LogP contribution is -2.60. The van der Waals surface area contributed by atoms with Crippen LogP contribution in [0.3, 0.4) is 0 Å². The Morgan fingerprint density at radius 1 is 0.493 bits per heavy atom. The van der Waals surface area contributed by atoms with Gasteiger partial charge in [0.2, 0.25) is 5.91 Å². The Labute approximate surface area is 426 Å². The molecule has 0 aliphatic carbocycles. The number of ether oxygens (including phenoxy) is 2. The molecule has 0 aromatic heterocycles. The van der Waals surface area contributed by atoms with Gasteiger partial charge in [-0.05, 0) is 44.9 Å². The third kappa shape index (κ3) is 39.8. The highest BCUT2D eigenvalue weighted by Gasteiger charge is 2.44. The largest absolute Gasteiger partial charge is 0.394 e. The Bertz CT molecular complexity index is 1130. The summed E-state index contributed by atoms with van der Waals surface area (Å²) in [5.74, 6) is -0.144. The minimum absolute atomic E-state index is 0.137. The first-order valence-corrected chi connectivity index (χ1v) is 30.0. The van der Waals surface area contributed by atoms with Gasteiger partial charge in [0.05, 0.1) is 25.4 Å². The lowest BCUT2D eigenvalue weighted by Gasteiger charge is -2.40. The standard InChI is InChI=1S/C60H115NO8/c1-3-5-7-9-11-13-15-17-19-21-23-25-26-27-28-30-31-33-35-37-39-41-43-45-47-49-54(63)53(52-68-60-59(67)58(66)57(65)55(51-62)69-60)61-56(64)50-48-46-44-42-40-38-36-34-32-29-24-22-20-18-16-14-12-10-8-6-4-2/h16,18,22,24,53-55,57-60,62-63,65-67H,3-15,17,19-21,23,25-52H2,1-2H3,(H,61,64)/b18-16-,24-22-. The molecule has 1 saturated heterocycles. The fraction of sp³-hybridized carbons (Fsp3) is 0.917. The summed E-state index contributed by atoms with van der Waals surface area (Å²) >= 11 is 0. The average molecular weight is 979 g/mol. The van der Waals surface area contributed by atoms with Gasteiger partial charge in [-0.3, -0.25) is 4.79 Å². The number of amides is 1.